The number of para-hydroxylation sites is 2. The first-order valence-corrected chi connectivity index (χ1v) is 10.1. The van der Waals surface area contributed by atoms with E-state index < -0.39 is 24.4 Å². The third-order valence-corrected chi connectivity index (χ3v) is 4.88. The van der Waals surface area contributed by atoms with Crippen LogP contribution in [0.1, 0.15) is 12.1 Å². The van der Waals surface area contributed by atoms with E-state index in [-0.39, 0.29) is 13.0 Å². The van der Waals surface area contributed by atoms with Crippen LogP contribution in [0.25, 0.3) is 10.9 Å². The molecule has 0 bridgehead atoms. The number of aromatic nitrogens is 1. The number of halogens is 1. The second-order valence-electron chi connectivity index (χ2n) is 6.93. The average molecular weight is 440 g/mol. The zero-order valence-electron chi connectivity index (χ0n) is 17.0. The van der Waals surface area contributed by atoms with Crippen LogP contribution < -0.4 is 5.32 Å². The standard InChI is InChI=1S/C23H22ClN3O4/c1-27(14-21(28)26-20-9-5-3-7-18(20)24)22(29)15-31-23(30)13-12-17-11-10-16-6-2-4-8-19(16)25-17/h2-11H,12-15H2,1H3,(H,26,28). The number of nitrogens with zero attached hydrogens (tertiary/aromatic N) is 2. The number of hydrogen-bond donors (Lipinski definition) is 1. The molecule has 0 aliphatic carbocycles. The third kappa shape index (κ3) is 6.52. The maximum Gasteiger partial charge on any atom is 0.306 e. The van der Waals surface area contributed by atoms with Crippen molar-refractivity contribution in [2.24, 2.45) is 0 Å². The molecule has 0 atom stereocenters. The fraction of sp³-hybridized carbons (Fsp3) is 0.217. The summed E-state index contributed by atoms with van der Waals surface area (Å²) in [5.74, 6) is -1.39. The Bertz CT molecular complexity index is 1100. The van der Waals surface area contributed by atoms with Crippen molar-refractivity contribution in [2.45, 2.75) is 12.8 Å². The molecule has 1 aromatic heterocycles. The molecule has 0 radical (unpaired) electrons. The molecule has 2 aromatic carbocycles. The Hall–Kier alpha value is -3.45. The molecule has 0 fully saturated rings. The molecule has 3 aromatic rings. The number of amides is 2. The second kappa shape index (κ2) is 10.5. The number of aryl methyl sites for hydroxylation is 1. The van der Waals surface area contributed by atoms with Gasteiger partial charge in [0.2, 0.25) is 5.91 Å². The fourth-order valence-electron chi connectivity index (χ4n) is 2.86. The summed E-state index contributed by atoms with van der Waals surface area (Å²) in [6.45, 7) is -0.623. The van der Waals surface area contributed by atoms with Gasteiger partial charge in [-0.2, -0.15) is 0 Å². The van der Waals surface area contributed by atoms with Gasteiger partial charge in [-0.25, -0.2) is 0 Å². The predicted molar refractivity (Wildman–Crippen MR) is 119 cm³/mol. The largest absolute Gasteiger partial charge is 0.456 e. The van der Waals surface area contributed by atoms with Crippen LogP contribution in [0.4, 0.5) is 5.69 Å². The van der Waals surface area contributed by atoms with Crippen LogP contribution in [0.15, 0.2) is 60.7 Å². The first kappa shape index (κ1) is 22.2. The zero-order valence-corrected chi connectivity index (χ0v) is 17.8. The summed E-state index contributed by atoms with van der Waals surface area (Å²) in [7, 11) is 1.46. The first-order valence-electron chi connectivity index (χ1n) is 9.71. The normalized spacial score (nSPS) is 10.5. The summed E-state index contributed by atoms with van der Waals surface area (Å²) in [6.07, 6.45) is 0.517. The molecule has 2 amide bonds. The lowest BCUT2D eigenvalue weighted by Crippen LogP contribution is -2.37. The van der Waals surface area contributed by atoms with E-state index in [1.165, 1.54) is 11.9 Å². The van der Waals surface area contributed by atoms with Crippen molar-refractivity contribution in [1.29, 1.82) is 0 Å². The summed E-state index contributed by atoms with van der Waals surface area (Å²) in [6, 6.07) is 18.3. The Morgan fingerprint density at radius 3 is 2.58 bits per heavy atom. The highest BCUT2D eigenvalue weighted by molar-refractivity contribution is 6.33. The minimum absolute atomic E-state index is 0.106. The second-order valence-corrected chi connectivity index (χ2v) is 7.34. The molecule has 0 saturated carbocycles. The number of carbonyl (C=O) groups is 3. The van der Waals surface area contributed by atoms with Crippen LogP contribution >= 0.6 is 11.6 Å². The maximum absolute atomic E-state index is 12.2. The molecule has 7 nitrogen and oxygen atoms in total. The number of benzene rings is 2. The van der Waals surface area contributed by atoms with Crippen molar-refractivity contribution in [3.05, 3.63) is 71.4 Å². The molecule has 8 heteroatoms. The smallest absolute Gasteiger partial charge is 0.306 e. The summed E-state index contributed by atoms with van der Waals surface area (Å²) in [4.78, 5) is 41.9. The van der Waals surface area contributed by atoms with Gasteiger partial charge in [-0.1, -0.05) is 48.0 Å². The Kier molecular flexibility index (Phi) is 7.56. The van der Waals surface area contributed by atoms with Crippen molar-refractivity contribution in [3.8, 4) is 0 Å². The van der Waals surface area contributed by atoms with Crippen molar-refractivity contribution >= 4 is 46.0 Å². The van der Waals surface area contributed by atoms with E-state index in [0.29, 0.717) is 17.1 Å². The summed E-state index contributed by atoms with van der Waals surface area (Å²) in [5, 5.41) is 4.06. The predicted octanol–water partition coefficient (Wildman–Crippen LogP) is 3.46. The molecule has 0 unspecified atom stereocenters. The van der Waals surface area contributed by atoms with E-state index in [0.717, 1.165) is 16.6 Å². The molecule has 1 heterocycles. The Morgan fingerprint density at radius 2 is 1.77 bits per heavy atom. The number of hydrogen-bond acceptors (Lipinski definition) is 5. The molecule has 0 spiro atoms. The van der Waals surface area contributed by atoms with Gasteiger partial charge >= 0.3 is 5.97 Å². The number of pyridine rings is 1. The highest BCUT2D eigenvalue weighted by Gasteiger charge is 2.16. The molecule has 160 valence electrons. The number of likely N-dealkylation sites (N-methyl/N-ethyl adjacent to an activating group) is 1. The minimum atomic E-state index is -0.503. The highest BCUT2D eigenvalue weighted by atomic mass is 35.5. The molecule has 0 aliphatic rings. The molecule has 0 aliphatic heterocycles. The lowest BCUT2D eigenvalue weighted by Gasteiger charge is -2.17. The van der Waals surface area contributed by atoms with Crippen LogP contribution in [-0.2, 0) is 25.5 Å². The number of nitrogens with one attached hydrogen (secondary N) is 1. The molecule has 3 rings (SSSR count). The number of esters is 1. The number of rotatable bonds is 8. The van der Waals surface area contributed by atoms with Gasteiger partial charge in [-0.05, 0) is 24.3 Å². The van der Waals surface area contributed by atoms with Crippen LogP contribution in [0.3, 0.4) is 0 Å². The van der Waals surface area contributed by atoms with Gasteiger partial charge in [0.25, 0.3) is 5.91 Å². The molecular formula is C23H22ClN3O4. The van der Waals surface area contributed by atoms with Gasteiger partial charge in [0.1, 0.15) is 0 Å². The van der Waals surface area contributed by atoms with Crippen LogP contribution in [-0.4, -0.2) is 47.9 Å². The average Bonchev–Trinajstić information content (AvgIpc) is 2.77. The topological polar surface area (TPSA) is 88.6 Å². The fourth-order valence-corrected chi connectivity index (χ4v) is 3.04. The van der Waals surface area contributed by atoms with Gasteiger partial charge in [-0.15, -0.1) is 0 Å². The van der Waals surface area contributed by atoms with Crippen molar-refractivity contribution in [3.63, 3.8) is 0 Å². The summed E-state index contributed by atoms with van der Waals surface area (Å²) >= 11 is 6.00. The summed E-state index contributed by atoms with van der Waals surface area (Å²) in [5.41, 5.74) is 2.10. The van der Waals surface area contributed by atoms with E-state index in [4.69, 9.17) is 16.3 Å². The Balaban J connectivity index is 1.41. The minimum Gasteiger partial charge on any atom is -0.456 e. The van der Waals surface area contributed by atoms with Crippen LogP contribution in [0.5, 0.6) is 0 Å². The molecule has 1 N–H and O–H groups in total. The van der Waals surface area contributed by atoms with E-state index in [9.17, 15) is 14.4 Å². The van der Waals surface area contributed by atoms with Gasteiger partial charge in [0, 0.05) is 24.5 Å². The van der Waals surface area contributed by atoms with Gasteiger partial charge in [0.15, 0.2) is 6.61 Å². The molecule has 31 heavy (non-hydrogen) atoms. The number of fused-ring (bicyclic) bond motifs is 1. The van der Waals surface area contributed by atoms with Crippen molar-refractivity contribution in [2.75, 3.05) is 25.5 Å². The van der Waals surface area contributed by atoms with Gasteiger partial charge in [0.05, 0.1) is 29.2 Å². The first-order chi connectivity index (χ1) is 14.9. The van der Waals surface area contributed by atoms with Crippen molar-refractivity contribution in [1.82, 2.24) is 9.88 Å². The number of anilines is 1. The Labute approximate surface area is 185 Å². The SMILES string of the molecule is CN(CC(=O)Nc1ccccc1Cl)C(=O)COC(=O)CCc1ccc2ccccc2n1. The van der Waals surface area contributed by atoms with Gasteiger partial charge < -0.3 is 15.0 Å². The number of carbonyl (C=O) groups excluding carboxylic acids is 3. The van der Waals surface area contributed by atoms with Gasteiger partial charge in [-0.3, -0.25) is 19.4 Å². The monoisotopic (exact) mass is 439 g/mol. The zero-order chi connectivity index (χ0) is 22.2. The highest BCUT2D eigenvalue weighted by Crippen LogP contribution is 2.20. The molecular weight excluding hydrogens is 418 g/mol. The quantitative estimate of drug-likeness (QED) is 0.543. The maximum atomic E-state index is 12.2. The lowest BCUT2D eigenvalue weighted by atomic mass is 10.1. The van der Waals surface area contributed by atoms with E-state index in [1.807, 2.05) is 36.4 Å². The van der Waals surface area contributed by atoms with E-state index >= 15 is 0 Å². The number of ether oxygens (including phenoxy) is 1. The van der Waals surface area contributed by atoms with E-state index in [1.54, 1.807) is 24.3 Å². The third-order valence-electron chi connectivity index (χ3n) is 4.55. The van der Waals surface area contributed by atoms with Crippen molar-refractivity contribution < 1.29 is 19.1 Å². The van der Waals surface area contributed by atoms with Crippen LogP contribution in [0.2, 0.25) is 5.02 Å². The Morgan fingerprint density at radius 1 is 1.03 bits per heavy atom. The lowest BCUT2D eigenvalue weighted by molar-refractivity contribution is -0.151. The van der Waals surface area contributed by atoms with E-state index in [2.05, 4.69) is 10.3 Å². The van der Waals surface area contributed by atoms with Crippen LogP contribution in [0, 0.1) is 0 Å². The summed E-state index contributed by atoms with van der Waals surface area (Å²) < 4.78 is 5.04. The molecule has 0 saturated heterocycles.